The fraction of sp³-hybridized carbons (Fsp3) is 0.464. The van der Waals surface area contributed by atoms with E-state index in [0.717, 1.165) is 32.1 Å². The summed E-state index contributed by atoms with van der Waals surface area (Å²) >= 11 is 0. The van der Waals surface area contributed by atoms with E-state index in [0.29, 0.717) is 6.42 Å². The van der Waals surface area contributed by atoms with Gasteiger partial charge >= 0.3 is 12.1 Å². The number of ether oxygens (including phenoxy) is 1. The lowest BCUT2D eigenvalue weighted by atomic mass is 9.85. The Kier molecular flexibility index (Phi) is 6.75. The summed E-state index contributed by atoms with van der Waals surface area (Å²) in [7, 11) is 0. The zero-order valence-electron chi connectivity index (χ0n) is 19.7. The van der Waals surface area contributed by atoms with Crippen LogP contribution in [-0.2, 0) is 14.3 Å². The fourth-order valence-corrected chi connectivity index (χ4v) is 5.69. The predicted molar refractivity (Wildman–Crippen MR) is 131 cm³/mol. The molecule has 184 valence electrons. The summed E-state index contributed by atoms with van der Waals surface area (Å²) in [6.45, 7) is 0.259. The number of aliphatic carboxylic acids is 1. The lowest BCUT2D eigenvalue weighted by Gasteiger charge is -2.30. The number of carboxylic acids is 1. The van der Waals surface area contributed by atoms with E-state index in [2.05, 4.69) is 34.9 Å². The van der Waals surface area contributed by atoms with Crippen molar-refractivity contribution in [1.82, 2.24) is 10.6 Å². The van der Waals surface area contributed by atoms with Crippen molar-refractivity contribution in [2.75, 3.05) is 6.61 Å². The molecule has 35 heavy (non-hydrogen) atoms. The highest BCUT2D eigenvalue weighted by Gasteiger charge is 2.36. The van der Waals surface area contributed by atoms with Crippen LogP contribution >= 0.6 is 0 Å². The molecule has 7 heteroatoms. The SMILES string of the molecule is O=C(O)CC(NC(=O)[C@@H]1CCC[C@@H](NC(=O)OCC2c3ccccc3-c3ccccc32)C1)C1CC1. The van der Waals surface area contributed by atoms with Crippen LogP contribution in [0.3, 0.4) is 0 Å². The van der Waals surface area contributed by atoms with Crippen molar-refractivity contribution >= 4 is 18.0 Å². The lowest BCUT2D eigenvalue weighted by molar-refractivity contribution is -0.138. The molecule has 5 rings (SSSR count). The highest BCUT2D eigenvalue weighted by Crippen LogP contribution is 2.44. The van der Waals surface area contributed by atoms with Crippen LogP contribution in [0.5, 0.6) is 0 Å². The van der Waals surface area contributed by atoms with Gasteiger partial charge in [-0.15, -0.1) is 0 Å². The third-order valence-corrected chi connectivity index (χ3v) is 7.62. The second-order valence-electron chi connectivity index (χ2n) is 10.1. The molecular weight excluding hydrogens is 444 g/mol. The average molecular weight is 477 g/mol. The Labute approximate surface area is 205 Å². The van der Waals surface area contributed by atoms with Crippen molar-refractivity contribution in [1.29, 1.82) is 0 Å². The molecule has 2 aromatic rings. The number of nitrogens with one attached hydrogen (secondary N) is 2. The quantitative estimate of drug-likeness (QED) is 0.522. The highest BCUT2D eigenvalue weighted by molar-refractivity contribution is 5.80. The normalized spacial score (nSPS) is 21.9. The minimum Gasteiger partial charge on any atom is -0.481 e. The molecule has 1 unspecified atom stereocenters. The van der Waals surface area contributed by atoms with Crippen LogP contribution in [0.4, 0.5) is 4.79 Å². The Morgan fingerprint density at radius 3 is 2.23 bits per heavy atom. The smallest absolute Gasteiger partial charge is 0.407 e. The van der Waals surface area contributed by atoms with E-state index in [4.69, 9.17) is 9.84 Å². The van der Waals surface area contributed by atoms with Gasteiger partial charge in [-0.1, -0.05) is 55.0 Å². The van der Waals surface area contributed by atoms with Crippen molar-refractivity contribution in [2.45, 2.75) is 62.9 Å². The van der Waals surface area contributed by atoms with Gasteiger partial charge in [0.05, 0.1) is 6.42 Å². The summed E-state index contributed by atoms with van der Waals surface area (Å²) in [6.07, 6.45) is 4.36. The molecule has 3 aliphatic carbocycles. The second kappa shape index (κ2) is 10.1. The van der Waals surface area contributed by atoms with E-state index in [1.807, 2.05) is 24.3 Å². The Morgan fingerprint density at radius 1 is 0.943 bits per heavy atom. The van der Waals surface area contributed by atoms with Gasteiger partial charge in [-0.3, -0.25) is 9.59 Å². The standard InChI is InChI=1S/C28H32N2O5/c31-26(32)15-25(17-12-13-17)30-27(33)18-6-5-7-19(14-18)29-28(34)35-16-24-22-10-3-1-8-20(22)21-9-2-4-11-23(21)24/h1-4,8-11,17-19,24-25H,5-7,12-16H2,(H,29,34)(H,30,33)(H,31,32)/t18-,19-,25?/m1/s1. The average Bonchev–Trinajstić information content (AvgIpc) is 3.65. The van der Waals surface area contributed by atoms with Crippen LogP contribution in [-0.4, -0.2) is 41.8 Å². The number of carbonyl (C=O) groups is 3. The minimum atomic E-state index is -0.888. The van der Waals surface area contributed by atoms with Crippen LogP contribution in [0, 0.1) is 11.8 Å². The Hall–Kier alpha value is -3.35. The first-order valence-corrected chi connectivity index (χ1v) is 12.6. The van der Waals surface area contributed by atoms with Gasteiger partial charge in [0.1, 0.15) is 6.61 Å². The zero-order chi connectivity index (χ0) is 24.4. The van der Waals surface area contributed by atoms with Crippen molar-refractivity contribution in [3.05, 3.63) is 59.7 Å². The molecule has 0 aromatic heterocycles. The number of carbonyl (C=O) groups excluding carboxylic acids is 2. The molecule has 2 fully saturated rings. The van der Waals surface area contributed by atoms with E-state index in [1.54, 1.807) is 0 Å². The molecule has 2 saturated carbocycles. The number of hydrogen-bond donors (Lipinski definition) is 3. The molecule has 2 amide bonds. The molecule has 0 aliphatic heterocycles. The van der Waals surface area contributed by atoms with Crippen LogP contribution < -0.4 is 10.6 Å². The first-order valence-electron chi connectivity index (χ1n) is 12.6. The molecule has 3 N–H and O–H groups in total. The maximum atomic E-state index is 12.8. The molecule has 0 saturated heterocycles. The Balaban J connectivity index is 1.14. The van der Waals surface area contributed by atoms with Gasteiger partial charge in [0, 0.05) is 23.9 Å². The predicted octanol–water partition coefficient (Wildman–Crippen LogP) is 4.45. The molecule has 0 radical (unpaired) electrons. The number of benzene rings is 2. The van der Waals surface area contributed by atoms with Gasteiger partial charge in [-0.05, 0) is 60.3 Å². The van der Waals surface area contributed by atoms with E-state index >= 15 is 0 Å². The van der Waals surface area contributed by atoms with Crippen LogP contribution in [0.25, 0.3) is 11.1 Å². The molecule has 0 spiro atoms. The van der Waals surface area contributed by atoms with Gasteiger partial charge in [-0.25, -0.2) is 4.79 Å². The zero-order valence-corrected chi connectivity index (χ0v) is 19.7. The van der Waals surface area contributed by atoms with E-state index in [9.17, 15) is 14.4 Å². The van der Waals surface area contributed by atoms with Gasteiger partial charge in [0.15, 0.2) is 0 Å². The second-order valence-corrected chi connectivity index (χ2v) is 10.1. The lowest BCUT2D eigenvalue weighted by Crippen LogP contribution is -2.46. The molecule has 3 aliphatic rings. The molecular formula is C28H32N2O5. The van der Waals surface area contributed by atoms with Gasteiger partial charge in [0.2, 0.25) is 5.91 Å². The molecule has 3 atom stereocenters. The topological polar surface area (TPSA) is 105 Å². The van der Waals surface area contributed by atoms with E-state index < -0.39 is 12.1 Å². The van der Waals surface area contributed by atoms with Crippen LogP contribution in [0.2, 0.25) is 0 Å². The summed E-state index contributed by atoms with van der Waals surface area (Å²) < 4.78 is 5.67. The number of carboxylic acid groups (broad SMARTS) is 1. The first-order chi connectivity index (χ1) is 17.0. The molecule has 0 bridgehead atoms. The maximum Gasteiger partial charge on any atom is 0.407 e. The number of fused-ring (bicyclic) bond motifs is 3. The molecule has 2 aromatic carbocycles. The van der Waals surface area contributed by atoms with Gasteiger partial charge in [-0.2, -0.15) is 0 Å². The number of alkyl carbamates (subject to hydrolysis) is 1. The fourth-order valence-electron chi connectivity index (χ4n) is 5.69. The first kappa shape index (κ1) is 23.4. The Morgan fingerprint density at radius 2 is 1.60 bits per heavy atom. The highest BCUT2D eigenvalue weighted by atomic mass is 16.5. The van der Waals surface area contributed by atoms with Crippen molar-refractivity contribution in [3.63, 3.8) is 0 Å². The monoisotopic (exact) mass is 476 g/mol. The number of hydrogen-bond acceptors (Lipinski definition) is 4. The summed E-state index contributed by atoms with van der Waals surface area (Å²) in [5.74, 6) is -0.930. The van der Waals surface area contributed by atoms with Gasteiger partial charge in [0.25, 0.3) is 0 Å². The van der Waals surface area contributed by atoms with E-state index in [1.165, 1.54) is 22.3 Å². The minimum absolute atomic E-state index is 0.00613. The van der Waals surface area contributed by atoms with Crippen molar-refractivity contribution < 1.29 is 24.2 Å². The third-order valence-electron chi connectivity index (χ3n) is 7.62. The summed E-state index contributed by atoms with van der Waals surface area (Å²) in [5, 5.41) is 15.1. The summed E-state index contributed by atoms with van der Waals surface area (Å²) in [4.78, 5) is 36.7. The summed E-state index contributed by atoms with van der Waals surface area (Å²) in [6, 6.07) is 16.0. The summed E-state index contributed by atoms with van der Waals surface area (Å²) in [5.41, 5.74) is 4.71. The van der Waals surface area contributed by atoms with Crippen molar-refractivity contribution in [2.24, 2.45) is 11.8 Å². The van der Waals surface area contributed by atoms with E-state index in [-0.39, 0.29) is 48.8 Å². The van der Waals surface area contributed by atoms with Crippen molar-refractivity contribution in [3.8, 4) is 11.1 Å². The number of rotatable bonds is 8. The Bertz CT molecular complexity index is 1070. The van der Waals surface area contributed by atoms with Crippen LogP contribution in [0.15, 0.2) is 48.5 Å². The molecule has 7 nitrogen and oxygen atoms in total. The third kappa shape index (κ3) is 5.34. The number of amides is 2. The maximum absolute atomic E-state index is 12.8. The molecule has 0 heterocycles. The largest absolute Gasteiger partial charge is 0.481 e. The van der Waals surface area contributed by atoms with Gasteiger partial charge < -0.3 is 20.5 Å². The van der Waals surface area contributed by atoms with Crippen LogP contribution in [0.1, 0.15) is 62.0 Å².